The summed E-state index contributed by atoms with van der Waals surface area (Å²) in [5.74, 6) is 0.0754. The lowest BCUT2D eigenvalue weighted by Gasteiger charge is -2.32. The number of alkyl halides is 2. The van der Waals surface area contributed by atoms with Crippen molar-refractivity contribution >= 4 is 11.6 Å². The average Bonchev–Trinajstić information content (AvgIpc) is 2.39. The lowest BCUT2D eigenvalue weighted by Crippen LogP contribution is -2.41. The Morgan fingerprint density at radius 3 is 2.53 bits per heavy atom. The maximum absolute atomic E-state index is 12.9. The summed E-state index contributed by atoms with van der Waals surface area (Å²) in [5.41, 5.74) is 0.537. The number of likely N-dealkylation sites (tertiary alicyclic amines) is 1. The number of nitrogens with one attached hydrogen (secondary N) is 1. The smallest absolute Gasteiger partial charge is 0.265 e. The summed E-state index contributed by atoms with van der Waals surface area (Å²) in [5, 5.41) is 3.17. The van der Waals surface area contributed by atoms with E-state index in [-0.39, 0.29) is 17.5 Å². The number of hydrogen-bond acceptors (Lipinski definition) is 2. The van der Waals surface area contributed by atoms with Crippen LogP contribution in [0.15, 0.2) is 24.3 Å². The van der Waals surface area contributed by atoms with E-state index in [4.69, 9.17) is 0 Å². The van der Waals surface area contributed by atoms with Crippen LogP contribution in [-0.4, -0.2) is 29.9 Å². The Morgan fingerprint density at radius 1 is 1.32 bits per heavy atom. The quantitative estimate of drug-likeness (QED) is 0.913. The predicted octanol–water partition coefficient (Wildman–Crippen LogP) is 3.05. The number of halogens is 2. The molecule has 0 atom stereocenters. The highest BCUT2D eigenvalue weighted by atomic mass is 19.3. The Morgan fingerprint density at radius 2 is 1.95 bits per heavy atom. The van der Waals surface area contributed by atoms with Gasteiger partial charge in [0.25, 0.3) is 6.43 Å². The highest BCUT2D eigenvalue weighted by Crippen LogP contribution is 2.28. The van der Waals surface area contributed by atoms with Gasteiger partial charge in [-0.3, -0.25) is 4.79 Å². The molecule has 1 aliphatic rings. The fourth-order valence-electron chi connectivity index (χ4n) is 2.38. The van der Waals surface area contributed by atoms with Crippen molar-refractivity contribution in [3.05, 3.63) is 29.8 Å². The average molecular weight is 268 g/mol. The number of carbonyl (C=O) groups excluding carboxylic acids is 1. The van der Waals surface area contributed by atoms with E-state index in [1.54, 1.807) is 30.0 Å². The first-order chi connectivity index (χ1) is 9.08. The zero-order valence-corrected chi connectivity index (χ0v) is 10.9. The van der Waals surface area contributed by atoms with Gasteiger partial charge in [0.1, 0.15) is 0 Å². The Kier molecular flexibility index (Phi) is 4.35. The van der Waals surface area contributed by atoms with Crippen LogP contribution in [0.2, 0.25) is 0 Å². The number of hydrogen-bond donors (Lipinski definition) is 1. The summed E-state index contributed by atoms with van der Waals surface area (Å²) in [6.45, 7) is 2.92. The number of benzene rings is 1. The monoisotopic (exact) mass is 268 g/mol. The third-order valence-corrected chi connectivity index (χ3v) is 3.50. The standard InChI is InChI=1S/C14H18F2N2O/c1-10(19)18-8-6-11(7-9-18)17-13-5-3-2-4-12(13)14(15)16/h2-5,11,14,17H,6-9H2,1H3. The van der Waals surface area contributed by atoms with E-state index < -0.39 is 6.43 Å². The van der Waals surface area contributed by atoms with Crippen LogP contribution in [0.25, 0.3) is 0 Å². The second-order valence-corrected chi connectivity index (χ2v) is 4.81. The van der Waals surface area contributed by atoms with Crippen LogP contribution in [0.3, 0.4) is 0 Å². The van der Waals surface area contributed by atoms with Gasteiger partial charge >= 0.3 is 0 Å². The lowest BCUT2D eigenvalue weighted by atomic mass is 10.0. The van der Waals surface area contributed by atoms with Crippen molar-refractivity contribution in [2.75, 3.05) is 18.4 Å². The number of anilines is 1. The van der Waals surface area contributed by atoms with Crippen LogP contribution >= 0.6 is 0 Å². The maximum Gasteiger partial charge on any atom is 0.265 e. The molecule has 1 aliphatic heterocycles. The largest absolute Gasteiger partial charge is 0.382 e. The van der Waals surface area contributed by atoms with Crippen LogP contribution in [0, 0.1) is 0 Å². The molecule has 0 aliphatic carbocycles. The highest BCUT2D eigenvalue weighted by Gasteiger charge is 2.22. The molecule has 1 fully saturated rings. The molecule has 1 saturated heterocycles. The van der Waals surface area contributed by atoms with Gasteiger partial charge in [-0.15, -0.1) is 0 Å². The molecule has 5 heteroatoms. The van der Waals surface area contributed by atoms with Crippen molar-refractivity contribution in [1.29, 1.82) is 0 Å². The van der Waals surface area contributed by atoms with E-state index in [1.807, 2.05) is 0 Å². The van der Waals surface area contributed by atoms with Crippen LogP contribution in [0.4, 0.5) is 14.5 Å². The molecule has 2 rings (SSSR count). The second-order valence-electron chi connectivity index (χ2n) is 4.81. The second kappa shape index (κ2) is 5.99. The van der Waals surface area contributed by atoms with Gasteiger partial charge in [-0.25, -0.2) is 8.78 Å². The fourth-order valence-corrected chi connectivity index (χ4v) is 2.38. The molecule has 1 amide bonds. The molecule has 0 radical (unpaired) electrons. The molecule has 0 saturated carbocycles. The van der Waals surface area contributed by atoms with Crippen molar-refractivity contribution in [3.8, 4) is 0 Å². The van der Waals surface area contributed by atoms with Gasteiger partial charge in [0.15, 0.2) is 0 Å². The minimum atomic E-state index is -2.47. The molecule has 3 nitrogen and oxygen atoms in total. The molecule has 0 aromatic heterocycles. The molecule has 0 bridgehead atoms. The van der Waals surface area contributed by atoms with E-state index in [1.165, 1.54) is 6.07 Å². The third kappa shape index (κ3) is 3.43. The zero-order chi connectivity index (χ0) is 13.8. The van der Waals surface area contributed by atoms with E-state index in [0.717, 1.165) is 12.8 Å². The molecular weight excluding hydrogens is 250 g/mol. The topological polar surface area (TPSA) is 32.3 Å². The summed E-state index contributed by atoms with van der Waals surface area (Å²) < 4.78 is 25.7. The molecule has 0 unspecified atom stereocenters. The van der Waals surface area contributed by atoms with E-state index >= 15 is 0 Å². The summed E-state index contributed by atoms with van der Waals surface area (Å²) in [7, 11) is 0. The van der Waals surface area contributed by atoms with Crippen molar-refractivity contribution in [2.24, 2.45) is 0 Å². The van der Waals surface area contributed by atoms with E-state index in [9.17, 15) is 13.6 Å². The number of nitrogens with zero attached hydrogens (tertiary/aromatic N) is 1. The van der Waals surface area contributed by atoms with Crippen LogP contribution in [0.1, 0.15) is 31.8 Å². The minimum Gasteiger partial charge on any atom is -0.382 e. The molecular formula is C14H18F2N2O. The van der Waals surface area contributed by atoms with Crippen molar-refractivity contribution in [3.63, 3.8) is 0 Å². The lowest BCUT2D eigenvalue weighted by molar-refractivity contribution is -0.129. The maximum atomic E-state index is 12.9. The summed E-state index contributed by atoms with van der Waals surface area (Å²) in [6.07, 6.45) is -0.894. The van der Waals surface area contributed by atoms with Crippen molar-refractivity contribution in [1.82, 2.24) is 4.90 Å². The molecule has 19 heavy (non-hydrogen) atoms. The first-order valence-corrected chi connectivity index (χ1v) is 6.47. The molecule has 1 aromatic carbocycles. The van der Waals surface area contributed by atoms with Gasteiger partial charge in [0, 0.05) is 37.3 Å². The first-order valence-electron chi connectivity index (χ1n) is 6.47. The van der Waals surface area contributed by atoms with Gasteiger partial charge in [-0.1, -0.05) is 18.2 Å². The zero-order valence-electron chi connectivity index (χ0n) is 10.9. The minimum absolute atomic E-state index is 0.0384. The number of amides is 1. The van der Waals surface area contributed by atoms with Gasteiger partial charge in [0.2, 0.25) is 5.91 Å². The SMILES string of the molecule is CC(=O)N1CCC(Nc2ccccc2C(F)F)CC1. The van der Waals surface area contributed by atoms with Crippen LogP contribution in [0.5, 0.6) is 0 Å². The molecule has 1 N–H and O–H groups in total. The number of piperidine rings is 1. The number of rotatable bonds is 3. The van der Waals surface area contributed by atoms with Gasteiger partial charge in [-0.2, -0.15) is 0 Å². The van der Waals surface area contributed by atoms with E-state index in [0.29, 0.717) is 18.8 Å². The van der Waals surface area contributed by atoms with Crippen LogP contribution in [-0.2, 0) is 4.79 Å². The van der Waals surface area contributed by atoms with Crippen molar-refractivity contribution < 1.29 is 13.6 Å². The number of para-hydroxylation sites is 1. The normalized spacial score (nSPS) is 16.7. The molecule has 1 heterocycles. The van der Waals surface area contributed by atoms with Crippen LogP contribution < -0.4 is 5.32 Å². The fraction of sp³-hybridized carbons (Fsp3) is 0.500. The predicted molar refractivity (Wildman–Crippen MR) is 70.3 cm³/mol. The first kappa shape index (κ1) is 13.8. The molecule has 0 spiro atoms. The Labute approximate surface area is 111 Å². The van der Waals surface area contributed by atoms with Gasteiger partial charge in [-0.05, 0) is 18.9 Å². The highest BCUT2D eigenvalue weighted by molar-refractivity contribution is 5.73. The Bertz CT molecular complexity index is 443. The summed E-state index contributed by atoms with van der Waals surface area (Å²) >= 11 is 0. The summed E-state index contributed by atoms with van der Waals surface area (Å²) in [6, 6.07) is 6.64. The Balaban J connectivity index is 1.98. The summed E-state index contributed by atoms with van der Waals surface area (Å²) in [4.78, 5) is 13.0. The van der Waals surface area contributed by atoms with E-state index in [2.05, 4.69) is 5.32 Å². The van der Waals surface area contributed by atoms with Gasteiger partial charge < -0.3 is 10.2 Å². The Hall–Kier alpha value is -1.65. The third-order valence-electron chi connectivity index (χ3n) is 3.50. The molecule has 104 valence electrons. The number of carbonyl (C=O) groups is 1. The van der Waals surface area contributed by atoms with Gasteiger partial charge in [0.05, 0.1) is 0 Å². The van der Waals surface area contributed by atoms with Crippen molar-refractivity contribution in [2.45, 2.75) is 32.2 Å². The molecule has 1 aromatic rings.